The molecule has 0 saturated heterocycles. The minimum Gasteiger partial charge on any atom is -0.475 e. The highest BCUT2D eigenvalue weighted by Crippen LogP contribution is 2.51. The molecule has 2 N–H and O–H groups in total. The molecule has 1 fully saturated rings. The Labute approximate surface area is 169 Å². The average Bonchev–Trinajstić information content (AvgIpc) is 3.30. The van der Waals surface area contributed by atoms with Crippen molar-refractivity contribution in [2.24, 2.45) is 0 Å². The molecule has 29 heavy (non-hydrogen) atoms. The first-order valence-electron chi connectivity index (χ1n) is 9.51. The zero-order valence-electron chi connectivity index (χ0n) is 16.5. The highest BCUT2D eigenvalue weighted by atomic mass is 32.2. The number of fused-ring (bicyclic) bond motifs is 1. The molecule has 2 heterocycles. The quantitative estimate of drug-likeness (QED) is 0.646. The van der Waals surface area contributed by atoms with Gasteiger partial charge in [0.2, 0.25) is 11.8 Å². The molecule has 0 bridgehead atoms. The minimum atomic E-state index is -4.03. The Morgan fingerprint density at radius 2 is 1.97 bits per heavy atom. The number of carbonyl (C=O) groups is 1. The van der Waals surface area contributed by atoms with Gasteiger partial charge in [-0.1, -0.05) is 12.1 Å². The Kier molecular flexibility index (Phi) is 4.61. The lowest BCUT2D eigenvalue weighted by Crippen LogP contribution is -2.39. The van der Waals surface area contributed by atoms with E-state index in [4.69, 9.17) is 4.74 Å². The predicted molar refractivity (Wildman–Crippen MR) is 109 cm³/mol. The number of aromatic nitrogens is 2. The number of nitrogens with zero attached hydrogens (tertiary/aromatic N) is 1. The summed E-state index contributed by atoms with van der Waals surface area (Å²) in [5, 5.41) is 0.540. The molecule has 2 aromatic heterocycles. The van der Waals surface area contributed by atoms with Crippen molar-refractivity contribution in [2.45, 2.75) is 50.0 Å². The number of aromatic amines is 1. The van der Waals surface area contributed by atoms with E-state index < -0.39 is 21.3 Å². The van der Waals surface area contributed by atoms with Gasteiger partial charge in [-0.2, -0.15) is 0 Å². The Balaban J connectivity index is 1.68. The van der Waals surface area contributed by atoms with Crippen LogP contribution < -0.4 is 9.46 Å². The summed E-state index contributed by atoms with van der Waals surface area (Å²) in [6.45, 7) is 5.61. The van der Waals surface area contributed by atoms with Crippen LogP contribution in [-0.2, 0) is 20.2 Å². The van der Waals surface area contributed by atoms with E-state index in [-0.39, 0.29) is 11.0 Å². The van der Waals surface area contributed by atoms with Gasteiger partial charge >= 0.3 is 0 Å². The molecule has 1 aliphatic rings. The lowest BCUT2D eigenvalue weighted by Gasteiger charge is -2.20. The van der Waals surface area contributed by atoms with Gasteiger partial charge in [0.1, 0.15) is 0 Å². The van der Waals surface area contributed by atoms with Gasteiger partial charge in [0.15, 0.2) is 0 Å². The number of carbonyl (C=O) groups excluding carboxylic acids is 1. The van der Waals surface area contributed by atoms with Crippen LogP contribution in [0.15, 0.2) is 47.5 Å². The third-order valence-corrected chi connectivity index (χ3v) is 6.51. The highest BCUT2D eigenvalue weighted by molar-refractivity contribution is 7.90. The summed E-state index contributed by atoms with van der Waals surface area (Å²) in [7, 11) is -4.03. The van der Waals surface area contributed by atoms with Crippen molar-refractivity contribution >= 4 is 26.8 Å². The number of rotatable bonds is 6. The summed E-state index contributed by atoms with van der Waals surface area (Å²) in [6.07, 6.45) is 2.64. The van der Waals surface area contributed by atoms with Gasteiger partial charge < -0.3 is 9.72 Å². The second-order valence-corrected chi connectivity index (χ2v) is 9.33. The zero-order chi connectivity index (χ0) is 20.8. The topological polar surface area (TPSA) is 101 Å². The fourth-order valence-corrected chi connectivity index (χ4v) is 4.79. The number of nitrogens with one attached hydrogen (secondary N) is 2. The van der Waals surface area contributed by atoms with Crippen molar-refractivity contribution in [3.05, 3.63) is 53.9 Å². The monoisotopic (exact) mass is 413 g/mol. The van der Waals surface area contributed by atoms with Crippen LogP contribution in [0.4, 0.5) is 0 Å². The van der Waals surface area contributed by atoms with Gasteiger partial charge in [-0.05, 0) is 57.9 Å². The molecule has 0 unspecified atom stereocenters. The van der Waals surface area contributed by atoms with E-state index >= 15 is 0 Å². The molecule has 0 radical (unpaired) electrons. The lowest BCUT2D eigenvalue weighted by molar-refractivity contribution is -0.121. The van der Waals surface area contributed by atoms with Crippen molar-refractivity contribution in [1.82, 2.24) is 14.7 Å². The van der Waals surface area contributed by atoms with E-state index in [1.807, 2.05) is 32.9 Å². The maximum absolute atomic E-state index is 13.1. The zero-order valence-corrected chi connectivity index (χ0v) is 17.3. The number of ether oxygens (including phenoxy) is 1. The van der Waals surface area contributed by atoms with Crippen molar-refractivity contribution in [3.8, 4) is 5.88 Å². The first kappa shape index (κ1) is 19.4. The summed E-state index contributed by atoms with van der Waals surface area (Å²) >= 11 is 0. The van der Waals surface area contributed by atoms with Crippen LogP contribution in [0.5, 0.6) is 5.88 Å². The molecule has 152 valence electrons. The number of H-pyrrole nitrogens is 1. The smallest absolute Gasteiger partial charge is 0.264 e. The van der Waals surface area contributed by atoms with E-state index in [2.05, 4.69) is 14.7 Å². The van der Waals surface area contributed by atoms with E-state index in [0.29, 0.717) is 35.2 Å². The predicted octanol–water partition coefficient (Wildman–Crippen LogP) is 3.20. The van der Waals surface area contributed by atoms with Gasteiger partial charge in [-0.3, -0.25) is 4.79 Å². The summed E-state index contributed by atoms with van der Waals surface area (Å²) in [4.78, 5) is 20.6. The van der Waals surface area contributed by atoms with Crippen molar-refractivity contribution in [2.75, 3.05) is 0 Å². The third kappa shape index (κ3) is 3.48. The number of pyridine rings is 1. The molecule has 3 aromatic rings. The maximum Gasteiger partial charge on any atom is 0.264 e. The van der Waals surface area contributed by atoms with Crippen LogP contribution in [0, 0.1) is 6.92 Å². The largest absolute Gasteiger partial charge is 0.475 e. The average molecular weight is 413 g/mol. The number of aryl methyl sites for hydroxylation is 1. The molecular weight excluding hydrogens is 390 g/mol. The first-order valence-corrected chi connectivity index (χ1v) is 11.0. The standard InChI is InChI=1S/C21H23N3O4S/c1-13(2)28-19-16(8-7-14(3)23-19)21(10-11-21)20(25)24-29(26,27)18-6-4-5-17-15(18)9-12-22-17/h4-9,12-13,22H,10-11H2,1-3H3,(H,24,25). The van der Waals surface area contributed by atoms with E-state index in [0.717, 1.165) is 5.69 Å². The molecule has 4 rings (SSSR count). The summed E-state index contributed by atoms with van der Waals surface area (Å²) in [6, 6.07) is 10.2. The first-order chi connectivity index (χ1) is 13.7. The van der Waals surface area contributed by atoms with Crippen LogP contribution in [0.2, 0.25) is 0 Å². The van der Waals surface area contributed by atoms with E-state index in [1.54, 1.807) is 24.4 Å². The van der Waals surface area contributed by atoms with E-state index in [9.17, 15) is 13.2 Å². The molecule has 0 spiro atoms. The summed E-state index contributed by atoms with van der Waals surface area (Å²) in [5.41, 5.74) is 1.15. The second-order valence-electron chi connectivity index (χ2n) is 7.68. The fraction of sp³-hybridized carbons (Fsp3) is 0.333. The number of amides is 1. The molecule has 0 aliphatic heterocycles. The number of sulfonamides is 1. The maximum atomic E-state index is 13.1. The van der Waals surface area contributed by atoms with Crippen molar-refractivity contribution in [1.29, 1.82) is 0 Å². The minimum absolute atomic E-state index is 0.0704. The lowest BCUT2D eigenvalue weighted by atomic mass is 9.96. The van der Waals surface area contributed by atoms with Crippen LogP contribution in [0.3, 0.4) is 0 Å². The normalized spacial score (nSPS) is 15.4. The van der Waals surface area contributed by atoms with Gasteiger partial charge in [-0.15, -0.1) is 0 Å². The van der Waals surface area contributed by atoms with Crippen molar-refractivity contribution in [3.63, 3.8) is 0 Å². The van der Waals surface area contributed by atoms with Crippen LogP contribution >= 0.6 is 0 Å². The number of hydrogen-bond donors (Lipinski definition) is 2. The van der Waals surface area contributed by atoms with Crippen LogP contribution in [-0.4, -0.2) is 30.4 Å². The second kappa shape index (κ2) is 6.88. The van der Waals surface area contributed by atoms with Gasteiger partial charge in [0, 0.05) is 28.4 Å². The van der Waals surface area contributed by atoms with Gasteiger partial charge in [0.05, 0.1) is 16.4 Å². The molecule has 1 amide bonds. The third-order valence-electron chi connectivity index (χ3n) is 5.12. The molecule has 1 aromatic carbocycles. The van der Waals surface area contributed by atoms with Gasteiger partial charge in [0.25, 0.3) is 10.0 Å². The number of hydrogen-bond acceptors (Lipinski definition) is 5. The van der Waals surface area contributed by atoms with Gasteiger partial charge in [-0.25, -0.2) is 18.1 Å². The Bertz CT molecular complexity index is 1190. The molecule has 1 saturated carbocycles. The Hall–Kier alpha value is -2.87. The number of benzene rings is 1. The molecule has 8 heteroatoms. The summed E-state index contributed by atoms with van der Waals surface area (Å²) < 4.78 is 34.1. The molecule has 7 nitrogen and oxygen atoms in total. The fourth-order valence-electron chi connectivity index (χ4n) is 3.52. The van der Waals surface area contributed by atoms with Crippen LogP contribution in [0.1, 0.15) is 37.9 Å². The van der Waals surface area contributed by atoms with Crippen LogP contribution in [0.25, 0.3) is 10.9 Å². The summed E-state index contributed by atoms with van der Waals surface area (Å²) in [5.74, 6) is -0.165. The Morgan fingerprint density at radius 3 is 2.66 bits per heavy atom. The highest BCUT2D eigenvalue weighted by Gasteiger charge is 2.54. The van der Waals surface area contributed by atoms with E-state index in [1.165, 1.54) is 6.07 Å². The molecular formula is C21H23N3O4S. The SMILES string of the molecule is Cc1ccc(C2(C(=O)NS(=O)(=O)c3cccc4[nH]ccc34)CC2)c(OC(C)C)n1. The molecule has 1 aliphatic carbocycles. The van der Waals surface area contributed by atoms with Crippen molar-refractivity contribution < 1.29 is 17.9 Å². The Morgan fingerprint density at radius 1 is 1.21 bits per heavy atom. The molecule has 0 atom stereocenters.